The van der Waals surface area contributed by atoms with Crippen LogP contribution < -0.4 is 5.32 Å². The predicted octanol–water partition coefficient (Wildman–Crippen LogP) is 3.29. The second kappa shape index (κ2) is 6.47. The molecular weight excluding hydrogens is 251 g/mol. The van der Waals surface area contributed by atoms with Gasteiger partial charge in [-0.2, -0.15) is 0 Å². The lowest BCUT2D eigenvalue weighted by molar-refractivity contribution is 0.571. The molecule has 0 aliphatic rings. The minimum absolute atomic E-state index is 0.0520. The molecule has 1 unspecified atom stereocenters. The van der Waals surface area contributed by atoms with E-state index in [-0.39, 0.29) is 11.9 Å². The Kier molecular flexibility index (Phi) is 4.67. The molecular formula is C14H14ClFN2. The Balaban J connectivity index is 2.00. The van der Waals surface area contributed by atoms with Gasteiger partial charge in [0.25, 0.3) is 0 Å². The lowest BCUT2D eigenvalue weighted by Gasteiger charge is -2.16. The van der Waals surface area contributed by atoms with E-state index in [0.29, 0.717) is 12.4 Å². The zero-order valence-electron chi connectivity index (χ0n) is 9.81. The molecule has 1 aromatic carbocycles. The van der Waals surface area contributed by atoms with Crippen LogP contribution in [0.3, 0.4) is 0 Å². The third-order valence-corrected chi connectivity index (χ3v) is 2.98. The van der Waals surface area contributed by atoms with Gasteiger partial charge in [0.05, 0.1) is 6.20 Å². The van der Waals surface area contributed by atoms with Crippen molar-refractivity contribution in [2.75, 3.05) is 5.88 Å². The van der Waals surface area contributed by atoms with Crippen molar-refractivity contribution >= 4 is 11.6 Å². The lowest BCUT2D eigenvalue weighted by atomic mass is 10.1. The Morgan fingerprint density at radius 3 is 2.67 bits per heavy atom. The molecule has 0 spiro atoms. The number of benzene rings is 1. The Morgan fingerprint density at radius 1 is 1.22 bits per heavy atom. The van der Waals surface area contributed by atoms with Gasteiger partial charge in [-0.25, -0.2) is 4.39 Å². The molecule has 0 saturated heterocycles. The topological polar surface area (TPSA) is 24.9 Å². The first-order valence-corrected chi connectivity index (χ1v) is 6.27. The summed E-state index contributed by atoms with van der Waals surface area (Å²) in [6.45, 7) is 0.539. The van der Waals surface area contributed by atoms with Crippen molar-refractivity contribution in [3.05, 3.63) is 65.7 Å². The highest BCUT2D eigenvalue weighted by Gasteiger charge is 2.09. The van der Waals surface area contributed by atoms with E-state index in [4.69, 9.17) is 11.6 Å². The number of nitrogens with one attached hydrogen (secondary N) is 1. The number of rotatable bonds is 5. The van der Waals surface area contributed by atoms with Gasteiger partial charge in [-0.3, -0.25) is 4.98 Å². The average Bonchev–Trinajstić information content (AvgIpc) is 2.41. The van der Waals surface area contributed by atoms with Gasteiger partial charge < -0.3 is 5.32 Å². The molecule has 18 heavy (non-hydrogen) atoms. The van der Waals surface area contributed by atoms with Crippen molar-refractivity contribution in [3.63, 3.8) is 0 Å². The number of aromatic nitrogens is 1. The SMILES string of the molecule is Fc1cncc(CNC(CCl)c2ccccc2)c1. The molecule has 94 valence electrons. The van der Waals surface area contributed by atoms with Gasteiger partial charge >= 0.3 is 0 Å². The van der Waals surface area contributed by atoms with Crippen LogP contribution in [0.15, 0.2) is 48.8 Å². The molecule has 1 aromatic heterocycles. The van der Waals surface area contributed by atoms with Gasteiger partial charge in [0.1, 0.15) is 5.82 Å². The van der Waals surface area contributed by atoms with Gasteiger partial charge in [0.15, 0.2) is 0 Å². The molecule has 0 aliphatic heterocycles. The molecule has 1 atom stereocenters. The van der Waals surface area contributed by atoms with E-state index in [9.17, 15) is 4.39 Å². The maximum atomic E-state index is 13.0. The smallest absolute Gasteiger partial charge is 0.141 e. The fraction of sp³-hybridized carbons (Fsp3) is 0.214. The summed E-state index contributed by atoms with van der Waals surface area (Å²) < 4.78 is 13.0. The molecule has 2 rings (SSSR count). The molecule has 0 amide bonds. The largest absolute Gasteiger partial charge is 0.305 e. The molecule has 0 radical (unpaired) electrons. The van der Waals surface area contributed by atoms with E-state index >= 15 is 0 Å². The number of nitrogens with zero attached hydrogens (tertiary/aromatic N) is 1. The maximum Gasteiger partial charge on any atom is 0.141 e. The van der Waals surface area contributed by atoms with Crippen LogP contribution in [0, 0.1) is 5.82 Å². The van der Waals surface area contributed by atoms with Crippen molar-refractivity contribution in [3.8, 4) is 0 Å². The zero-order valence-corrected chi connectivity index (χ0v) is 10.6. The van der Waals surface area contributed by atoms with Crippen molar-refractivity contribution in [2.45, 2.75) is 12.6 Å². The van der Waals surface area contributed by atoms with Crippen molar-refractivity contribution in [1.82, 2.24) is 10.3 Å². The van der Waals surface area contributed by atoms with Crippen molar-refractivity contribution in [1.29, 1.82) is 0 Å². The minimum atomic E-state index is -0.323. The molecule has 0 saturated carbocycles. The van der Waals surface area contributed by atoms with Crippen LogP contribution in [-0.2, 0) is 6.54 Å². The number of hydrogen-bond donors (Lipinski definition) is 1. The summed E-state index contributed by atoms with van der Waals surface area (Å²) in [7, 11) is 0. The monoisotopic (exact) mass is 264 g/mol. The van der Waals surface area contributed by atoms with E-state index in [0.717, 1.165) is 11.1 Å². The number of alkyl halides is 1. The zero-order chi connectivity index (χ0) is 12.8. The third kappa shape index (κ3) is 3.52. The highest BCUT2D eigenvalue weighted by atomic mass is 35.5. The first kappa shape index (κ1) is 13.0. The standard InChI is InChI=1S/C14H14ClFN2/c15-7-14(12-4-2-1-3-5-12)18-9-11-6-13(16)10-17-8-11/h1-6,8,10,14,18H,7,9H2. The molecule has 0 bridgehead atoms. The summed E-state index contributed by atoms with van der Waals surface area (Å²) in [5.74, 6) is 0.142. The molecule has 1 N–H and O–H groups in total. The Labute approximate surface area is 111 Å². The van der Waals surface area contributed by atoms with Crippen molar-refractivity contribution in [2.24, 2.45) is 0 Å². The van der Waals surface area contributed by atoms with Crippen LogP contribution in [0.25, 0.3) is 0 Å². The molecule has 2 aromatic rings. The summed E-state index contributed by atoms with van der Waals surface area (Å²) in [5.41, 5.74) is 1.93. The van der Waals surface area contributed by atoms with Crippen LogP contribution in [0.4, 0.5) is 4.39 Å². The number of hydrogen-bond acceptors (Lipinski definition) is 2. The summed E-state index contributed by atoms with van der Waals surface area (Å²) in [5, 5.41) is 3.29. The van der Waals surface area contributed by atoms with E-state index in [1.807, 2.05) is 30.3 Å². The quantitative estimate of drug-likeness (QED) is 0.839. The lowest BCUT2D eigenvalue weighted by Crippen LogP contribution is -2.22. The fourth-order valence-corrected chi connectivity index (χ4v) is 2.03. The number of pyridine rings is 1. The first-order chi connectivity index (χ1) is 8.79. The van der Waals surface area contributed by atoms with Crippen molar-refractivity contribution < 1.29 is 4.39 Å². The normalized spacial score (nSPS) is 12.3. The van der Waals surface area contributed by atoms with Gasteiger partial charge in [-0.15, -0.1) is 11.6 Å². The molecule has 2 nitrogen and oxygen atoms in total. The summed E-state index contributed by atoms with van der Waals surface area (Å²) >= 11 is 5.95. The average molecular weight is 265 g/mol. The fourth-order valence-electron chi connectivity index (χ4n) is 1.74. The van der Waals surface area contributed by atoms with Crippen LogP contribution in [-0.4, -0.2) is 10.9 Å². The molecule has 0 fully saturated rings. The molecule has 1 heterocycles. The maximum absolute atomic E-state index is 13.0. The molecule has 0 aliphatic carbocycles. The summed E-state index contributed by atoms with van der Waals surface area (Å²) in [6, 6.07) is 11.5. The van der Waals surface area contributed by atoms with E-state index < -0.39 is 0 Å². The van der Waals surface area contributed by atoms with Gasteiger partial charge in [-0.1, -0.05) is 30.3 Å². The second-order valence-electron chi connectivity index (χ2n) is 4.01. The Hall–Kier alpha value is -1.45. The van der Waals surface area contributed by atoms with Crippen LogP contribution in [0.2, 0.25) is 0 Å². The molecule has 4 heteroatoms. The predicted molar refractivity (Wildman–Crippen MR) is 70.9 cm³/mol. The van der Waals surface area contributed by atoms with Crippen LogP contribution in [0.1, 0.15) is 17.2 Å². The van der Waals surface area contributed by atoms with Gasteiger partial charge in [0, 0.05) is 24.7 Å². The van der Waals surface area contributed by atoms with Crippen LogP contribution >= 0.6 is 11.6 Å². The second-order valence-corrected chi connectivity index (χ2v) is 4.32. The summed E-state index contributed by atoms with van der Waals surface area (Å²) in [4.78, 5) is 3.81. The Bertz CT molecular complexity index is 490. The third-order valence-electron chi connectivity index (χ3n) is 2.67. The highest BCUT2D eigenvalue weighted by Crippen LogP contribution is 2.14. The van der Waals surface area contributed by atoms with Crippen LogP contribution in [0.5, 0.6) is 0 Å². The first-order valence-electron chi connectivity index (χ1n) is 5.73. The van der Waals surface area contributed by atoms with E-state index in [1.54, 1.807) is 6.20 Å². The summed E-state index contributed by atoms with van der Waals surface area (Å²) in [6.07, 6.45) is 2.84. The van der Waals surface area contributed by atoms with E-state index in [1.165, 1.54) is 12.3 Å². The minimum Gasteiger partial charge on any atom is -0.305 e. The van der Waals surface area contributed by atoms with Gasteiger partial charge in [0.2, 0.25) is 0 Å². The van der Waals surface area contributed by atoms with E-state index in [2.05, 4.69) is 10.3 Å². The number of halogens is 2. The van der Waals surface area contributed by atoms with Gasteiger partial charge in [-0.05, 0) is 17.2 Å². The highest BCUT2D eigenvalue weighted by molar-refractivity contribution is 6.18. The Morgan fingerprint density at radius 2 is 2.00 bits per heavy atom.